The minimum Gasteiger partial charge on any atom is -0.301 e. The van der Waals surface area contributed by atoms with E-state index in [1.54, 1.807) is 0 Å². The highest BCUT2D eigenvalue weighted by Crippen LogP contribution is 2.21. The molecule has 7 heteroatoms. The first kappa shape index (κ1) is 12.4. The molecule has 5 nitrogen and oxygen atoms in total. The van der Waals surface area contributed by atoms with Crippen LogP contribution in [0.1, 0.15) is 38.9 Å². The van der Waals surface area contributed by atoms with Gasteiger partial charge in [-0.2, -0.15) is 0 Å². The lowest BCUT2D eigenvalue weighted by Crippen LogP contribution is -2.10. The van der Waals surface area contributed by atoms with Crippen molar-refractivity contribution in [3.63, 3.8) is 0 Å². The van der Waals surface area contributed by atoms with Gasteiger partial charge in [-0.15, -0.1) is 10.2 Å². The lowest BCUT2D eigenvalue weighted by Gasteiger charge is -2.09. The van der Waals surface area contributed by atoms with Gasteiger partial charge in [-0.3, -0.25) is 0 Å². The summed E-state index contributed by atoms with van der Waals surface area (Å²) < 4.78 is 23.9. The van der Waals surface area contributed by atoms with Gasteiger partial charge in [-0.25, -0.2) is 8.42 Å². The molecule has 0 aliphatic heterocycles. The lowest BCUT2D eigenvalue weighted by atomic mass is 10.1. The quantitative estimate of drug-likeness (QED) is 0.765. The van der Waals surface area contributed by atoms with Crippen LogP contribution in [0.15, 0.2) is 5.16 Å². The van der Waals surface area contributed by atoms with Gasteiger partial charge in [0.15, 0.2) is 0 Å². The number of rotatable bonds is 4. The molecule has 1 aromatic rings. The number of halogens is 1. The van der Waals surface area contributed by atoms with Gasteiger partial charge in [0.2, 0.25) is 0 Å². The first-order valence-electron chi connectivity index (χ1n) is 4.79. The Bertz CT molecular complexity index is 441. The van der Waals surface area contributed by atoms with Crippen molar-refractivity contribution in [2.75, 3.05) is 0 Å². The molecule has 0 aliphatic rings. The molecule has 1 rings (SSSR count). The van der Waals surface area contributed by atoms with Gasteiger partial charge < -0.3 is 4.57 Å². The van der Waals surface area contributed by atoms with Crippen molar-refractivity contribution in [2.24, 2.45) is 0 Å². The van der Waals surface area contributed by atoms with Crippen LogP contribution in [0.4, 0.5) is 0 Å². The third-order valence-corrected chi connectivity index (χ3v) is 3.49. The molecule has 0 N–H and O–H groups in total. The maximum absolute atomic E-state index is 11.2. The second kappa shape index (κ2) is 4.49. The van der Waals surface area contributed by atoms with Gasteiger partial charge in [-0.05, 0) is 13.3 Å². The standard InChI is InChI=1S/C8H14ClN3O2S/c1-4-6(3)7-10-11-8(12(7)5-2)15(9,13)14/h6H,4-5H2,1-3H3. The molecule has 1 unspecified atom stereocenters. The highest BCUT2D eigenvalue weighted by molar-refractivity contribution is 8.13. The fourth-order valence-corrected chi connectivity index (χ4v) is 2.29. The average molecular weight is 252 g/mol. The summed E-state index contributed by atoms with van der Waals surface area (Å²) in [6.45, 7) is 6.31. The van der Waals surface area contributed by atoms with E-state index in [-0.39, 0.29) is 11.1 Å². The zero-order valence-corrected chi connectivity index (χ0v) is 10.5. The maximum atomic E-state index is 11.2. The first-order chi connectivity index (χ1) is 6.91. The molecule has 0 saturated heterocycles. The van der Waals surface area contributed by atoms with Crippen LogP contribution >= 0.6 is 10.7 Å². The van der Waals surface area contributed by atoms with Crippen molar-refractivity contribution < 1.29 is 8.42 Å². The van der Waals surface area contributed by atoms with Crippen LogP contribution in [-0.4, -0.2) is 23.2 Å². The first-order valence-corrected chi connectivity index (χ1v) is 7.10. The fraction of sp³-hybridized carbons (Fsp3) is 0.750. The molecule has 1 heterocycles. The molecule has 0 spiro atoms. The Hall–Kier alpha value is -0.620. The summed E-state index contributed by atoms with van der Waals surface area (Å²) in [6, 6.07) is 0. The smallest absolute Gasteiger partial charge is 0.296 e. The van der Waals surface area contributed by atoms with Gasteiger partial charge in [0, 0.05) is 23.1 Å². The largest absolute Gasteiger partial charge is 0.301 e. The molecule has 0 bridgehead atoms. The highest BCUT2D eigenvalue weighted by atomic mass is 35.7. The van der Waals surface area contributed by atoms with E-state index in [1.165, 1.54) is 4.57 Å². The Labute approximate surface area is 93.9 Å². The summed E-state index contributed by atoms with van der Waals surface area (Å²) in [6.07, 6.45) is 0.875. The topological polar surface area (TPSA) is 64.8 Å². The van der Waals surface area contributed by atoms with Crippen molar-refractivity contribution in [3.05, 3.63) is 5.82 Å². The lowest BCUT2D eigenvalue weighted by molar-refractivity contribution is 0.556. The van der Waals surface area contributed by atoms with E-state index in [0.717, 1.165) is 6.42 Å². The van der Waals surface area contributed by atoms with Gasteiger partial charge in [0.1, 0.15) is 5.82 Å². The molecular formula is C8H14ClN3O2S. The Kier molecular flexibility index (Phi) is 3.72. The van der Waals surface area contributed by atoms with Gasteiger partial charge in [0.05, 0.1) is 0 Å². The summed E-state index contributed by atoms with van der Waals surface area (Å²) in [5.41, 5.74) is 0. The van der Waals surface area contributed by atoms with Gasteiger partial charge in [-0.1, -0.05) is 13.8 Å². The molecule has 1 aromatic heterocycles. The van der Waals surface area contributed by atoms with Crippen molar-refractivity contribution in [1.29, 1.82) is 0 Å². The molecule has 0 aliphatic carbocycles. The number of hydrogen-bond donors (Lipinski definition) is 0. The monoisotopic (exact) mass is 251 g/mol. The minimum atomic E-state index is -3.80. The van der Waals surface area contributed by atoms with E-state index < -0.39 is 9.05 Å². The minimum absolute atomic E-state index is 0.165. The Balaban J connectivity index is 3.30. The third kappa shape index (κ3) is 2.49. The highest BCUT2D eigenvalue weighted by Gasteiger charge is 2.23. The SMILES string of the molecule is CCC(C)c1nnc(S(=O)(=O)Cl)n1CC. The molecule has 0 amide bonds. The van der Waals surface area contributed by atoms with Gasteiger partial charge >= 0.3 is 0 Å². The predicted molar refractivity (Wildman–Crippen MR) is 57.4 cm³/mol. The van der Waals surface area contributed by atoms with Crippen LogP contribution in [0, 0.1) is 0 Å². The second-order valence-corrected chi connectivity index (χ2v) is 5.79. The van der Waals surface area contributed by atoms with E-state index in [1.807, 2.05) is 20.8 Å². The van der Waals surface area contributed by atoms with Crippen LogP contribution < -0.4 is 0 Å². The van der Waals surface area contributed by atoms with Crippen LogP contribution in [-0.2, 0) is 15.6 Å². The number of aromatic nitrogens is 3. The van der Waals surface area contributed by atoms with E-state index in [0.29, 0.717) is 12.4 Å². The molecule has 15 heavy (non-hydrogen) atoms. The van der Waals surface area contributed by atoms with Crippen molar-refractivity contribution in [3.8, 4) is 0 Å². The van der Waals surface area contributed by atoms with E-state index in [2.05, 4.69) is 10.2 Å². The number of nitrogens with zero attached hydrogens (tertiary/aromatic N) is 3. The second-order valence-electron chi connectivity index (χ2n) is 3.33. The molecule has 0 radical (unpaired) electrons. The molecule has 86 valence electrons. The van der Waals surface area contributed by atoms with Crippen LogP contribution in [0.3, 0.4) is 0 Å². The zero-order valence-electron chi connectivity index (χ0n) is 8.94. The van der Waals surface area contributed by atoms with Crippen molar-refractivity contribution in [2.45, 2.75) is 44.8 Å². The zero-order chi connectivity index (χ0) is 11.6. The average Bonchev–Trinajstić information content (AvgIpc) is 2.59. The number of hydrogen-bond acceptors (Lipinski definition) is 4. The fourth-order valence-electron chi connectivity index (χ4n) is 1.32. The van der Waals surface area contributed by atoms with Crippen LogP contribution in [0.2, 0.25) is 0 Å². The molecular weight excluding hydrogens is 238 g/mol. The predicted octanol–water partition coefficient (Wildman–Crippen LogP) is 1.74. The van der Waals surface area contributed by atoms with E-state index in [9.17, 15) is 8.42 Å². The Morgan fingerprint density at radius 2 is 2.00 bits per heavy atom. The summed E-state index contributed by atoms with van der Waals surface area (Å²) in [5, 5.41) is 7.33. The molecule has 0 saturated carbocycles. The molecule has 0 fully saturated rings. The van der Waals surface area contributed by atoms with E-state index in [4.69, 9.17) is 10.7 Å². The molecule has 1 atom stereocenters. The Morgan fingerprint density at radius 3 is 2.40 bits per heavy atom. The third-order valence-electron chi connectivity index (χ3n) is 2.33. The van der Waals surface area contributed by atoms with Crippen LogP contribution in [0.5, 0.6) is 0 Å². The summed E-state index contributed by atoms with van der Waals surface area (Å²) in [5.74, 6) is 0.837. The van der Waals surface area contributed by atoms with Crippen molar-refractivity contribution >= 4 is 19.7 Å². The normalized spacial score (nSPS) is 14.1. The van der Waals surface area contributed by atoms with E-state index >= 15 is 0 Å². The van der Waals surface area contributed by atoms with Gasteiger partial charge in [0.25, 0.3) is 14.2 Å². The molecule has 0 aromatic carbocycles. The summed E-state index contributed by atoms with van der Waals surface area (Å²) in [7, 11) is 1.45. The Morgan fingerprint density at radius 1 is 1.40 bits per heavy atom. The summed E-state index contributed by atoms with van der Waals surface area (Å²) in [4.78, 5) is 0. The van der Waals surface area contributed by atoms with Crippen LogP contribution in [0.25, 0.3) is 0 Å². The van der Waals surface area contributed by atoms with Crippen molar-refractivity contribution in [1.82, 2.24) is 14.8 Å². The maximum Gasteiger partial charge on any atom is 0.296 e. The summed E-state index contributed by atoms with van der Waals surface area (Å²) >= 11 is 0.